The predicted molar refractivity (Wildman–Crippen MR) is 38.0 cm³/mol. The normalized spacial score (nSPS) is 31.2. The Morgan fingerprint density at radius 2 is 2.56 bits per heavy atom. The maximum atomic E-state index is 7.29. The van der Waals surface area contributed by atoms with E-state index in [1.165, 1.54) is 0 Å². The molecular weight excluding hydrogens is 138 g/mol. The molecular formula is C6H12ClNO. The van der Waals surface area contributed by atoms with Crippen LogP contribution in [0.25, 0.3) is 0 Å². The van der Waals surface area contributed by atoms with Crippen LogP contribution in [0.15, 0.2) is 0 Å². The molecule has 1 saturated heterocycles. The molecule has 1 aliphatic heterocycles. The van der Waals surface area contributed by atoms with Crippen molar-refractivity contribution in [3.05, 3.63) is 0 Å². The van der Waals surface area contributed by atoms with E-state index in [0.29, 0.717) is 19.0 Å². The highest BCUT2D eigenvalue weighted by Gasteiger charge is 2.07. The summed E-state index contributed by atoms with van der Waals surface area (Å²) in [4.78, 5) is 1.97. The minimum atomic E-state index is -1.48. The van der Waals surface area contributed by atoms with Crippen LogP contribution in [0.1, 0.15) is 2.74 Å². The fourth-order valence-electron chi connectivity index (χ4n) is 0.773. The van der Waals surface area contributed by atoms with Gasteiger partial charge in [-0.05, 0) is 0 Å². The summed E-state index contributed by atoms with van der Waals surface area (Å²) in [7, 11) is 0. The van der Waals surface area contributed by atoms with Gasteiger partial charge in [0.1, 0.15) is 0 Å². The van der Waals surface area contributed by atoms with Crippen LogP contribution in [0.2, 0.25) is 0 Å². The van der Waals surface area contributed by atoms with Gasteiger partial charge in [-0.25, -0.2) is 0 Å². The van der Waals surface area contributed by atoms with E-state index in [4.69, 9.17) is 19.1 Å². The molecule has 0 spiro atoms. The zero-order chi connectivity index (χ0) is 8.32. The van der Waals surface area contributed by atoms with Crippen molar-refractivity contribution in [1.29, 1.82) is 0 Å². The third-order valence-corrected chi connectivity index (χ3v) is 1.47. The largest absolute Gasteiger partial charge is 0.379 e. The minimum absolute atomic E-state index is 0.333. The Morgan fingerprint density at radius 1 is 1.67 bits per heavy atom. The van der Waals surface area contributed by atoms with E-state index in [-0.39, 0.29) is 0 Å². The van der Waals surface area contributed by atoms with E-state index < -0.39 is 6.56 Å². The standard InChI is InChI=1S/C6H12ClNO/c7-1-2-8-3-5-9-6-4-8/h1-6H2/i5D2. The lowest BCUT2D eigenvalue weighted by Gasteiger charge is -2.25. The fourth-order valence-corrected chi connectivity index (χ4v) is 1.01. The third kappa shape index (κ3) is 2.52. The quantitative estimate of drug-likeness (QED) is 0.535. The summed E-state index contributed by atoms with van der Waals surface area (Å²) in [6, 6.07) is 0. The lowest BCUT2D eigenvalue weighted by atomic mass is 10.4. The van der Waals surface area contributed by atoms with Crippen LogP contribution in [0, 0.1) is 0 Å². The van der Waals surface area contributed by atoms with E-state index in [1.807, 2.05) is 4.90 Å². The average molecular weight is 152 g/mol. The highest BCUT2D eigenvalue weighted by Crippen LogP contribution is 1.95. The number of rotatable bonds is 2. The topological polar surface area (TPSA) is 12.5 Å². The number of hydrogen-bond acceptors (Lipinski definition) is 2. The molecule has 0 unspecified atom stereocenters. The van der Waals surface area contributed by atoms with Crippen molar-refractivity contribution in [2.24, 2.45) is 0 Å². The molecule has 0 N–H and O–H groups in total. The van der Waals surface area contributed by atoms with Crippen molar-refractivity contribution >= 4 is 11.6 Å². The second-order valence-corrected chi connectivity index (χ2v) is 2.34. The van der Waals surface area contributed by atoms with Gasteiger partial charge in [0, 0.05) is 25.5 Å². The van der Waals surface area contributed by atoms with Gasteiger partial charge in [-0.3, -0.25) is 4.90 Å². The SMILES string of the molecule is [2H]C1([2H])CN(CCCl)CCO1. The molecule has 0 amide bonds. The molecule has 3 heteroatoms. The second kappa shape index (κ2) is 4.09. The summed E-state index contributed by atoms with van der Waals surface area (Å²) in [5.74, 6) is 0.552. The zero-order valence-corrected chi connectivity index (χ0v) is 6.02. The van der Waals surface area contributed by atoms with Gasteiger partial charge in [0.25, 0.3) is 0 Å². The first-order chi connectivity index (χ1) is 5.14. The molecule has 0 saturated carbocycles. The molecule has 1 rings (SSSR count). The Kier molecular flexibility index (Phi) is 2.25. The number of ether oxygens (including phenoxy) is 1. The molecule has 0 radical (unpaired) electrons. The number of hydrogen-bond donors (Lipinski definition) is 0. The highest BCUT2D eigenvalue weighted by atomic mass is 35.5. The third-order valence-electron chi connectivity index (χ3n) is 1.30. The molecule has 0 aromatic heterocycles. The van der Waals surface area contributed by atoms with E-state index in [2.05, 4.69) is 0 Å². The van der Waals surface area contributed by atoms with Gasteiger partial charge < -0.3 is 4.74 Å². The molecule has 54 valence electrons. The lowest BCUT2D eigenvalue weighted by Crippen LogP contribution is -2.37. The van der Waals surface area contributed by atoms with Crippen molar-refractivity contribution < 1.29 is 7.48 Å². The lowest BCUT2D eigenvalue weighted by molar-refractivity contribution is 0.0408. The fraction of sp³-hybridized carbons (Fsp3) is 1.00. The Labute approximate surface area is 63.5 Å². The van der Waals surface area contributed by atoms with Gasteiger partial charge in [0.05, 0.1) is 15.9 Å². The van der Waals surface area contributed by atoms with Crippen LogP contribution in [0.5, 0.6) is 0 Å². The Bertz CT molecular complexity index is 132. The first kappa shape index (κ1) is 4.94. The number of alkyl halides is 1. The number of morpholine rings is 1. The monoisotopic (exact) mass is 151 g/mol. The van der Waals surface area contributed by atoms with Crippen molar-refractivity contribution in [1.82, 2.24) is 4.90 Å². The van der Waals surface area contributed by atoms with Gasteiger partial charge in [-0.2, -0.15) is 0 Å². The Morgan fingerprint density at radius 3 is 3.22 bits per heavy atom. The molecule has 0 aliphatic carbocycles. The van der Waals surface area contributed by atoms with Gasteiger partial charge >= 0.3 is 0 Å². The van der Waals surface area contributed by atoms with E-state index in [1.54, 1.807) is 0 Å². The molecule has 1 fully saturated rings. The van der Waals surface area contributed by atoms with Crippen LogP contribution in [-0.4, -0.2) is 43.6 Å². The summed E-state index contributed by atoms with van der Waals surface area (Å²) in [5, 5.41) is 0. The van der Waals surface area contributed by atoms with Gasteiger partial charge in [-0.1, -0.05) is 0 Å². The van der Waals surface area contributed by atoms with Crippen LogP contribution in [0.4, 0.5) is 0 Å². The molecule has 2 nitrogen and oxygen atoms in total. The van der Waals surface area contributed by atoms with E-state index >= 15 is 0 Å². The molecule has 1 heterocycles. The van der Waals surface area contributed by atoms with Crippen molar-refractivity contribution in [3.63, 3.8) is 0 Å². The Balaban J connectivity index is 2.34. The van der Waals surface area contributed by atoms with Crippen molar-refractivity contribution in [2.75, 3.05) is 38.7 Å². The summed E-state index contributed by atoms with van der Waals surface area (Å²) >= 11 is 5.52. The number of halogens is 1. The zero-order valence-electron chi connectivity index (χ0n) is 7.27. The first-order valence-electron chi connectivity index (χ1n) is 4.06. The van der Waals surface area contributed by atoms with E-state index in [9.17, 15) is 0 Å². The van der Waals surface area contributed by atoms with Crippen LogP contribution in [0.3, 0.4) is 0 Å². The second-order valence-electron chi connectivity index (χ2n) is 1.96. The van der Waals surface area contributed by atoms with Gasteiger partial charge in [0.2, 0.25) is 0 Å². The molecule has 9 heavy (non-hydrogen) atoms. The van der Waals surface area contributed by atoms with Crippen LogP contribution >= 0.6 is 11.6 Å². The number of nitrogens with zero attached hydrogens (tertiary/aromatic N) is 1. The van der Waals surface area contributed by atoms with Gasteiger partial charge in [0.15, 0.2) is 0 Å². The highest BCUT2D eigenvalue weighted by molar-refractivity contribution is 6.18. The molecule has 0 aromatic rings. The van der Waals surface area contributed by atoms with Crippen LogP contribution < -0.4 is 0 Å². The summed E-state index contributed by atoms with van der Waals surface area (Å²) < 4.78 is 19.5. The molecule has 0 atom stereocenters. The van der Waals surface area contributed by atoms with Gasteiger partial charge in [-0.15, -0.1) is 11.6 Å². The van der Waals surface area contributed by atoms with Crippen molar-refractivity contribution in [2.45, 2.75) is 0 Å². The predicted octanol–water partition coefficient (Wildman–Crippen LogP) is 0.557. The van der Waals surface area contributed by atoms with E-state index in [0.717, 1.165) is 13.1 Å². The molecule has 0 bridgehead atoms. The Hall–Kier alpha value is 0.210. The summed E-state index contributed by atoms with van der Waals surface area (Å²) in [5.41, 5.74) is 0. The van der Waals surface area contributed by atoms with Crippen LogP contribution in [-0.2, 0) is 4.74 Å². The first-order valence-corrected chi connectivity index (χ1v) is 3.60. The van der Waals surface area contributed by atoms with Crippen molar-refractivity contribution in [3.8, 4) is 0 Å². The molecule has 0 aromatic carbocycles. The summed E-state index contributed by atoms with van der Waals surface area (Å²) in [6.45, 7) is 0.838. The maximum absolute atomic E-state index is 7.29. The smallest absolute Gasteiger partial charge is 0.0594 e. The summed E-state index contributed by atoms with van der Waals surface area (Å²) in [6.07, 6.45) is 0. The molecule has 1 aliphatic rings. The maximum Gasteiger partial charge on any atom is 0.0594 e. The minimum Gasteiger partial charge on any atom is -0.379 e. The average Bonchev–Trinajstić information content (AvgIpc) is 1.85.